The molecule has 0 radical (unpaired) electrons. The molecule has 1 amide bonds. The van der Waals surface area contributed by atoms with Crippen LogP contribution in [0.3, 0.4) is 0 Å². The Balaban J connectivity index is 1.96. The van der Waals surface area contributed by atoms with Gasteiger partial charge >= 0.3 is 0 Å². The van der Waals surface area contributed by atoms with Crippen molar-refractivity contribution in [1.82, 2.24) is 10.2 Å². The summed E-state index contributed by atoms with van der Waals surface area (Å²) in [5, 5.41) is 8.92. The van der Waals surface area contributed by atoms with Crippen LogP contribution in [-0.4, -0.2) is 35.9 Å². The fourth-order valence-corrected chi connectivity index (χ4v) is 2.27. The van der Waals surface area contributed by atoms with Gasteiger partial charge < -0.3 is 9.47 Å². The average molecular weight is 357 g/mol. The van der Waals surface area contributed by atoms with E-state index in [0.29, 0.717) is 29.3 Å². The molecule has 1 aromatic carbocycles. The van der Waals surface area contributed by atoms with Crippen molar-refractivity contribution >= 4 is 22.4 Å². The summed E-state index contributed by atoms with van der Waals surface area (Å²) < 4.78 is 36.8. The number of methoxy groups -OCH3 is 1. The van der Waals surface area contributed by atoms with Crippen LogP contribution in [0, 0.1) is 0 Å². The summed E-state index contributed by atoms with van der Waals surface area (Å²) >= 11 is 0.637. The summed E-state index contributed by atoms with van der Waals surface area (Å²) in [7, 11) is 1.59. The third kappa shape index (κ3) is 4.93. The smallest absolute Gasteiger partial charge is 0.298 e. The minimum Gasteiger partial charge on any atom is -0.491 e. The van der Waals surface area contributed by atoms with Crippen LogP contribution in [0.15, 0.2) is 24.3 Å². The zero-order chi connectivity index (χ0) is 17.7. The van der Waals surface area contributed by atoms with Crippen molar-refractivity contribution in [3.63, 3.8) is 0 Å². The first-order chi connectivity index (χ1) is 11.3. The lowest BCUT2D eigenvalue weighted by molar-refractivity contribution is 0.0165. The van der Waals surface area contributed by atoms with Gasteiger partial charge in [-0.3, -0.25) is 10.1 Å². The highest BCUT2D eigenvalue weighted by Gasteiger charge is 2.29. The van der Waals surface area contributed by atoms with Crippen molar-refractivity contribution in [2.45, 2.75) is 25.9 Å². The van der Waals surface area contributed by atoms with Crippen LogP contribution < -0.4 is 10.1 Å². The topological polar surface area (TPSA) is 73.3 Å². The average Bonchev–Trinajstić information content (AvgIpc) is 3.01. The molecule has 0 spiro atoms. The van der Waals surface area contributed by atoms with E-state index in [9.17, 15) is 13.6 Å². The standard InChI is InChI=1S/C15H17F2N3O3S/c1-9(22-3)8-23-11-6-4-10(5-7-11)12(21)18-14-20-19-13(24-14)15(2,16)17/h4-7,9H,8H2,1-3H3,(H,18,20,21)/t9-/m0/s1. The molecule has 0 saturated heterocycles. The molecule has 1 atom stereocenters. The molecule has 24 heavy (non-hydrogen) atoms. The highest BCUT2D eigenvalue weighted by atomic mass is 32.1. The minimum absolute atomic E-state index is 0.0192. The van der Waals surface area contributed by atoms with Crippen LogP contribution in [0.25, 0.3) is 0 Å². The van der Waals surface area contributed by atoms with Gasteiger partial charge in [-0.1, -0.05) is 11.3 Å². The number of nitrogens with one attached hydrogen (secondary N) is 1. The van der Waals surface area contributed by atoms with E-state index in [2.05, 4.69) is 15.5 Å². The van der Waals surface area contributed by atoms with Crippen molar-refractivity contribution in [3.8, 4) is 5.75 Å². The van der Waals surface area contributed by atoms with Crippen LogP contribution >= 0.6 is 11.3 Å². The summed E-state index contributed by atoms with van der Waals surface area (Å²) in [6, 6.07) is 6.42. The number of anilines is 1. The van der Waals surface area contributed by atoms with Crippen LogP contribution in [0.2, 0.25) is 0 Å². The van der Waals surface area contributed by atoms with Gasteiger partial charge in [0.2, 0.25) is 5.13 Å². The number of alkyl halides is 2. The summed E-state index contributed by atoms with van der Waals surface area (Å²) in [4.78, 5) is 12.1. The fraction of sp³-hybridized carbons (Fsp3) is 0.400. The molecule has 6 nitrogen and oxygen atoms in total. The van der Waals surface area contributed by atoms with Crippen LogP contribution in [0.4, 0.5) is 13.9 Å². The number of benzene rings is 1. The molecular formula is C15H17F2N3O3S. The number of rotatable bonds is 7. The molecule has 0 bridgehead atoms. The fourth-order valence-electron chi connectivity index (χ4n) is 1.60. The van der Waals surface area contributed by atoms with Gasteiger partial charge in [0, 0.05) is 19.6 Å². The molecule has 130 valence electrons. The van der Waals surface area contributed by atoms with Gasteiger partial charge in [-0.15, -0.1) is 10.2 Å². The maximum absolute atomic E-state index is 13.1. The third-order valence-corrected chi connectivity index (χ3v) is 4.04. The third-order valence-electron chi connectivity index (χ3n) is 3.02. The summed E-state index contributed by atoms with van der Waals surface area (Å²) in [5.41, 5.74) is 0.349. The van der Waals surface area contributed by atoms with Gasteiger partial charge in [-0.25, -0.2) is 0 Å². The molecule has 0 unspecified atom stereocenters. The number of carbonyl (C=O) groups excluding carboxylic acids is 1. The first kappa shape index (κ1) is 18.2. The van der Waals surface area contributed by atoms with E-state index in [4.69, 9.17) is 9.47 Å². The number of hydrogen-bond acceptors (Lipinski definition) is 6. The van der Waals surface area contributed by atoms with Gasteiger partial charge in [-0.05, 0) is 31.2 Å². The van der Waals surface area contributed by atoms with Crippen LogP contribution in [0.1, 0.15) is 29.2 Å². The number of hydrogen-bond donors (Lipinski definition) is 1. The SMILES string of the molecule is CO[C@@H](C)COc1ccc(C(=O)Nc2nnc(C(C)(F)F)s2)cc1. The predicted octanol–water partition coefficient (Wildman–Crippen LogP) is 3.32. The number of aromatic nitrogens is 2. The van der Waals surface area contributed by atoms with Crippen molar-refractivity contribution in [2.24, 2.45) is 0 Å². The zero-order valence-corrected chi connectivity index (χ0v) is 14.2. The monoisotopic (exact) mass is 357 g/mol. The van der Waals surface area contributed by atoms with Crippen LogP contribution in [0.5, 0.6) is 5.75 Å². The molecule has 1 N–H and O–H groups in total. The lowest BCUT2D eigenvalue weighted by atomic mass is 10.2. The molecule has 1 aromatic heterocycles. The largest absolute Gasteiger partial charge is 0.491 e. The maximum atomic E-state index is 13.1. The van der Waals surface area contributed by atoms with Gasteiger partial charge in [0.1, 0.15) is 12.4 Å². The molecule has 9 heteroatoms. The second-order valence-electron chi connectivity index (χ2n) is 5.14. The first-order valence-electron chi connectivity index (χ1n) is 7.08. The van der Waals surface area contributed by atoms with Gasteiger partial charge in [0.15, 0.2) is 5.01 Å². The Hall–Kier alpha value is -2.13. The summed E-state index contributed by atoms with van der Waals surface area (Å²) in [6.45, 7) is 2.99. The van der Waals surface area contributed by atoms with Crippen molar-refractivity contribution in [2.75, 3.05) is 19.0 Å². The quantitative estimate of drug-likeness (QED) is 0.823. The minimum atomic E-state index is -3.08. The molecule has 0 aliphatic heterocycles. The van der Waals surface area contributed by atoms with Crippen molar-refractivity contribution in [1.29, 1.82) is 0 Å². The molecule has 0 aliphatic carbocycles. The van der Waals surface area contributed by atoms with Crippen molar-refractivity contribution < 1.29 is 23.0 Å². The Kier molecular flexibility index (Phi) is 5.79. The Morgan fingerprint density at radius 2 is 2.00 bits per heavy atom. The molecule has 0 saturated carbocycles. The lowest BCUT2D eigenvalue weighted by Crippen LogP contribution is -2.16. The molecule has 0 aliphatic rings. The van der Waals surface area contributed by atoms with E-state index in [1.54, 1.807) is 31.4 Å². The Morgan fingerprint density at radius 3 is 2.54 bits per heavy atom. The van der Waals surface area contributed by atoms with Gasteiger partial charge in [0.25, 0.3) is 11.8 Å². The Bertz CT molecular complexity index is 686. The Morgan fingerprint density at radius 1 is 1.33 bits per heavy atom. The van der Waals surface area contributed by atoms with E-state index in [1.165, 1.54) is 0 Å². The molecule has 2 aromatic rings. The highest BCUT2D eigenvalue weighted by molar-refractivity contribution is 7.15. The maximum Gasteiger partial charge on any atom is 0.298 e. The number of nitrogens with zero attached hydrogens (tertiary/aromatic N) is 2. The van der Waals surface area contributed by atoms with E-state index >= 15 is 0 Å². The van der Waals surface area contributed by atoms with Gasteiger partial charge in [-0.2, -0.15) is 8.78 Å². The number of ether oxygens (including phenoxy) is 2. The summed E-state index contributed by atoms with van der Waals surface area (Å²) in [6.07, 6.45) is -0.0451. The zero-order valence-electron chi connectivity index (χ0n) is 13.4. The normalized spacial score (nSPS) is 12.7. The number of carbonyl (C=O) groups is 1. The molecular weight excluding hydrogens is 340 g/mol. The molecule has 1 heterocycles. The number of halogens is 2. The van der Waals surface area contributed by atoms with E-state index in [-0.39, 0.29) is 11.2 Å². The van der Waals surface area contributed by atoms with Crippen LogP contribution in [-0.2, 0) is 10.7 Å². The second-order valence-corrected chi connectivity index (χ2v) is 6.11. The summed E-state index contributed by atoms with van der Waals surface area (Å²) in [5.74, 6) is -2.95. The number of amides is 1. The molecule has 0 fully saturated rings. The van der Waals surface area contributed by atoms with E-state index in [0.717, 1.165) is 6.92 Å². The van der Waals surface area contributed by atoms with E-state index < -0.39 is 16.8 Å². The first-order valence-corrected chi connectivity index (χ1v) is 7.90. The highest BCUT2D eigenvalue weighted by Crippen LogP contribution is 2.31. The Labute approximate surface area is 141 Å². The lowest BCUT2D eigenvalue weighted by Gasteiger charge is -2.11. The van der Waals surface area contributed by atoms with Crippen molar-refractivity contribution in [3.05, 3.63) is 34.8 Å². The predicted molar refractivity (Wildman–Crippen MR) is 85.8 cm³/mol. The van der Waals surface area contributed by atoms with Gasteiger partial charge in [0.05, 0.1) is 6.10 Å². The van der Waals surface area contributed by atoms with E-state index in [1.807, 2.05) is 6.92 Å². The second kappa shape index (κ2) is 7.63. The molecule has 2 rings (SSSR count).